The number of rotatable bonds is 4. The Balaban J connectivity index is 0.00000208. The third-order valence-electron chi connectivity index (χ3n) is 3.63. The lowest BCUT2D eigenvalue weighted by molar-refractivity contribution is 0.0735. The Morgan fingerprint density at radius 2 is 2.12 bits per heavy atom. The summed E-state index contributed by atoms with van der Waals surface area (Å²) >= 11 is 3.46. The monoisotopic (exact) mass is 415 g/mol. The van der Waals surface area contributed by atoms with Crippen molar-refractivity contribution in [3.05, 3.63) is 45.8 Å². The first-order valence-electron chi connectivity index (χ1n) is 7.48. The summed E-state index contributed by atoms with van der Waals surface area (Å²) in [4.78, 5) is 14.3. The SMILES string of the molecule is Cc1cc(COc2ccc(C(=O)N3CCNCC3)cc2Br)on1.Cl. The molecule has 0 spiro atoms. The van der Waals surface area contributed by atoms with Crippen molar-refractivity contribution >= 4 is 34.2 Å². The number of aryl methyl sites for hydroxylation is 1. The molecule has 0 aliphatic carbocycles. The fourth-order valence-corrected chi connectivity index (χ4v) is 2.93. The van der Waals surface area contributed by atoms with Crippen LogP contribution in [0, 0.1) is 6.92 Å². The summed E-state index contributed by atoms with van der Waals surface area (Å²) in [5.41, 5.74) is 1.47. The molecule has 1 aromatic carbocycles. The van der Waals surface area contributed by atoms with Gasteiger partial charge in [-0.1, -0.05) is 5.16 Å². The molecule has 0 saturated carbocycles. The molecule has 0 unspecified atom stereocenters. The lowest BCUT2D eigenvalue weighted by atomic mass is 10.2. The molecule has 1 N–H and O–H groups in total. The minimum Gasteiger partial charge on any atom is -0.484 e. The topological polar surface area (TPSA) is 67.6 Å². The molecule has 1 aliphatic heterocycles. The van der Waals surface area contributed by atoms with Crippen molar-refractivity contribution in [1.82, 2.24) is 15.4 Å². The maximum atomic E-state index is 12.5. The molecule has 6 nitrogen and oxygen atoms in total. The van der Waals surface area contributed by atoms with E-state index in [1.165, 1.54) is 0 Å². The first kappa shape index (κ1) is 18.8. The summed E-state index contributed by atoms with van der Waals surface area (Å²) in [6.07, 6.45) is 0. The van der Waals surface area contributed by atoms with Crippen LogP contribution in [0.5, 0.6) is 5.75 Å². The Kier molecular flexibility index (Phi) is 6.65. The van der Waals surface area contributed by atoms with Gasteiger partial charge in [-0.15, -0.1) is 12.4 Å². The van der Waals surface area contributed by atoms with Crippen LogP contribution in [-0.2, 0) is 6.61 Å². The average molecular weight is 417 g/mol. The summed E-state index contributed by atoms with van der Waals surface area (Å²) in [6, 6.07) is 7.21. The third kappa shape index (κ3) is 4.49. The Hall–Kier alpha value is -1.57. The van der Waals surface area contributed by atoms with Gasteiger partial charge >= 0.3 is 0 Å². The Bertz CT molecular complexity index is 702. The number of hydrogen-bond acceptors (Lipinski definition) is 5. The van der Waals surface area contributed by atoms with Crippen LogP contribution in [0.1, 0.15) is 21.8 Å². The lowest BCUT2D eigenvalue weighted by Gasteiger charge is -2.27. The average Bonchev–Trinajstić information content (AvgIpc) is 2.99. The van der Waals surface area contributed by atoms with Crippen LogP contribution in [0.3, 0.4) is 0 Å². The second-order valence-corrected chi connectivity index (χ2v) is 6.27. The predicted molar refractivity (Wildman–Crippen MR) is 95.7 cm³/mol. The van der Waals surface area contributed by atoms with Gasteiger partial charge in [0, 0.05) is 37.8 Å². The highest BCUT2D eigenvalue weighted by atomic mass is 79.9. The molecule has 1 aromatic heterocycles. The molecule has 0 atom stereocenters. The fourth-order valence-electron chi connectivity index (χ4n) is 2.43. The van der Waals surface area contributed by atoms with Gasteiger partial charge in [-0.2, -0.15) is 0 Å². The molecule has 1 saturated heterocycles. The van der Waals surface area contributed by atoms with Crippen LogP contribution >= 0.6 is 28.3 Å². The Morgan fingerprint density at radius 1 is 1.38 bits per heavy atom. The number of carbonyl (C=O) groups is 1. The first-order chi connectivity index (χ1) is 11.1. The maximum absolute atomic E-state index is 12.5. The fraction of sp³-hybridized carbons (Fsp3) is 0.375. The van der Waals surface area contributed by atoms with E-state index in [1.807, 2.05) is 17.9 Å². The molecule has 24 heavy (non-hydrogen) atoms. The highest BCUT2D eigenvalue weighted by molar-refractivity contribution is 9.10. The van der Waals surface area contributed by atoms with Gasteiger partial charge in [0.15, 0.2) is 5.76 Å². The molecule has 1 fully saturated rings. The number of halogens is 2. The van der Waals surface area contributed by atoms with Crippen LogP contribution in [-0.4, -0.2) is 42.1 Å². The molecule has 8 heteroatoms. The van der Waals surface area contributed by atoms with Crippen LogP contribution in [0.2, 0.25) is 0 Å². The lowest BCUT2D eigenvalue weighted by Crippen LogP contribution is -2.46. The number of carbonyl (C=O) groups excluding carboxylic acids is 1. The number of nitrogens with one attached hydrogen (secondary N) is 1. The minimum atomic E-state index is 0. The molecule has 130 valence electrons. The van der Waals surface area contributed by atoms with Gasteiger partial charge in [-0.3, -0.25) is 4.79 Å². The predicted octanol–water partition coefficient (Wildman–Crippen LogP) is 2.79. The van der Waals surface area contributed by atoms with Gasteiger partial charge in [0.25, 0.3) is 5.91 Å². The van der Waals surface area contributed by atoms with E-state index in [4.69, 9.17) is 9.26 Å². The van der Waals surface area contributed by atoms with Crippen LogP contribution in [0.25, 0.3) is 0 Å². The second kappa shape index (κ2) is 8.50. The molecule has 2 heterocycles. The zero-order valence-electron chi connectivity index (χ0n) is 13.3. The number of ether oxygens (including phenoxy) is 1. The molecular formula is C16H19BrClN3O3. The van der Waals surface area contributed by atoms with Crippen molar-refractivity contribution in [2.24, 2.45) is 0 Å². The van der Waals surface area contributed by atoms with E-state index in [-0.39, 0.29) is 18.3 Å². The van der Waals surface area contributed by atoms with Crippen molar-refractivity contribution in [3.8, 4) is 5.75 Å². The summed E-state index contributed by atoms with van der Waals surface area (Å²) in [5.74, 6) is 1.37. The van der Waals surface area contributed by atoms with E-state index in [9.17, 15) is 4.79 Å². The van der Waals surface area contributed by atoms with Crippen molar-refractivity contribution in [2.45, 2.75) is 13.5 Å². The molecule has 0 bridgehead atoms. The van der Waals surface area contributed by atoms with Gasteiger partial charge < -0.3 is 19.5 Å². The molecule has 1 amide bonds. The van der Waals surface area contributed by atoms with Gasteiger partial charge in [-0.05, 0) is 41.1 Å². The van der Waals surface area contributed by atoms with Crippen molar-refractivity contribution in [2.75, 3.05) is 26.2 Å². The number of aromatic nitrogens is 1. The summed E-state index contributed by atoms with van der Waals surface area (Å²) in [6.45, 7) is 5.30. The zero-order valence-corrected chi connectivity index (χ0v) is 15.7. The van der Waals surface area contributed by atoms with E-state index in [1.54, 1.807) is 18.2 Å². The normalized spacial score (nSPS) is 14.2. The van der Waals surface area contributed by atoms with Crippen molar-refractivity contribution in [1.29, 1.82) is 0 Å². The second-order valence-electron chi connectivity index (χ2n) is 5.41. The van der Waals surface area contributed by atoms with Crippen LogP contribution in [0.15, 0.2) is 33.3 Å². The van der Waals surface area contributed by atoms with Gasteiger partial charge in [0.2, 0.25) is 0 Å². The molecule has 2 aromatic rings. The summed E-state index contributed by atoms with van der Waals surface area (Å²) < 4.78 is 11.6. The Morgan fingerprint density at radius 3 is 2.75 bits per heavy atom. The van der Waals surface area contributed by atoms with Gasteiger partial charge in [-0.25, -0.2) is 0 Å². The number of nitrogens with zero attached hydrogens (tertiary/aromatic N) is 2. The van der Waals surface area contributed by atoms with Gasteiger partial charge in [0.1, 0.15) is 12.4 Å². The van der Waals surface area contributed by atoms with Gasteiger partial charge in [0.05, 0.1) is 10.2 Å². The summed E-state index contributed by atoms with van der Waals surface area (Å²) in [7, 11) is 0. The largest absolute Gasteiger partial charge is 0.484 e. The standard InChI is InChI=1S/C16H18BrN3O3.ClH/c1-11-8-13(23-19-11)10-22-15-3-2-12(9-14(15)17)16(21)20-6-4-18-5-7-20;/h2-3,8-9,18H,4-7,10H2,1H3;1H. The summed E-state index contributed by atoms with van der Waals surface area (Å²) in [5, 5.41) is 7.06. The maximum Gasteiger partial charge on any atom is 0.253 e. The molecule has 1 aliphatic rings. The number of benzene rings is 1. The van der Waals surface area contributed by atoms with E-state index in [0.29, 0.717) is 23.7 Å². The highest BCUT2D eigenvalue weighted by Crippen LogP contribution is 2.27. The number of amides is 1. The van der Waals surface area contributed by atoms with Crippen LogP contribution in [0.4, 0.5) is 0 Å². The van der Waals surface area contributed by atoms with Crippen LogP contribution < -0.4 is 10.1 Å². The van der Waals surface area contributed by atoms with E-state index < -0.39 is 0 Å². The van der Waals surface area contributed by atoms with E-state index >= 15 is 0 Å². The Labute approximate surface area is 155 Å². The quantitative estimate of drug-likeness (QED) is 0.830. The van der Waals surface area contributed by atoms with E-state index in [0.717, 1.165) is 36.3 Å². The first-order valence-corrected chi connectivity index (χ1v) is 8.27. The molecule has 3 rings (SSSR count). The van der Waals surface area contributed by atoms with Crippen molar-refractivity contribution < 1.29 is 14.1 Å². The number of piperazine rings is 1. The number of hydrogen-bond donors (Lipinski definition) is 1. The zero-order chi connectivity index (χ0) is 16.2. The van der Waals surface area contributed by atoms with Crippen molar-refractivity contribution in [3.63, 3.8) is 0 Å². The van der Waals surface area contributed by atoms with E-state index in [2.05, 4.69) is 26.4 Å². The minimum absolute atomic E-state index is 0. The highest BCUT2D eigenvalue weighted by Gasteiger charge is 2.18. The molecule has 0 radical (unpaired) electrons. The molecular weight excluding hydrogens is 398 g/mol. The third-order valence-corrected chi connectivity index (χ3v) is 4.25. The smallest absolute Gasteiger partial charge is 0.253 e.